The topological polar surface area (TPSA) is 63.1 Å². The van der Waals surface area contributed by atoms with Crippen LogP contribution in [0.15, 0.2) is 24.3 Å². The van der Waals surface area contributed by atoms with Gasteiger partial charge in [-0.3, -0.25) is 9.59 Å². The number of carbonyl (C=O) groups is 2. The molecule has 0 saturated carbocycles. The summed E-state index contributed by atoms with van der Waals surface area (Å²) in [4.78, 5) is 26.7. The average Bonchev–Trinajstić information content (AvgIpc) is 2.55. The highest BCUT2D eigenvalue weighted by atomic mass is 16.5. The van der Waals surface area contributed by atoms with Crippen LogP contribution in [0.2, 0.25) is 0 Å². The maximum Gasteiger partial charge on any atom is 0.282 e. The monoisotopic (exact) mass is 306 g/mol. The van der Waals surface area contributed by atoms with Gasteiger partial charge in [-0.05, 0) is 31.2 Å². The molecule has 1 heterocycles. The number of hydrogen-bond acceptors (Lipinski definition) is 3. The van der Waals surface area contributed by atoms with Crippen molar-refractivity contribution in [3.8, 4) is 5.75 Å². The lowest BCUT2D eigenvalue weighted by Crippen LogP contribution is -3.19. The minimum absolute atomic E-state index is 0.00329. The summed E-state index contributed by atoms with van der Waals surface area (Å²) in [7, 11) is 1.61. The molecule has 0 unspecified atom stereocenters. The first-order chi connectivity index (χ1) is 10.5. The van der Waals surface area contributed by atoms with Gasteiger partial charge < -0.3 is 19.9 Å². The maximum atomic E-state index is 12.3. The fourth-order valence-corrected chi connectivity index (χ4v) is 2.65. The van der Waals surface area contributed by atoms with Gasteiger partial charge in [0.1, 0.15) is 5.75 Å². The Bertz CT molecular complexity index is 522. The van der Waals surface area contributed by atoms with Crippen LogP contribution in [-0.4, -0.2) is 56.0 Å². The molecule has 1 aromatic rings. The van der Waals surface area contributed by atoms with Crippen molar-refractivity contribution in [1.29, 1.82) is 0 Å². The number of carbonyl (C=O) groups excluding carboxylic acids is 2. The first kappa shape index (κ1) is 16.3. The van der Waals surface area contributed by atoms with E-state index in [1.807, 2.05) is 36.1 Å². The van der Waals surface area contributed by atoms with E-state index in [1.54, 1.807) is 14.0 Å². The number of nitrogens with zero attached hydrogens (tertiary/aromatic N) is 1. The second-order valence-corrected chi connectivity index (χ2v) is 5.60. The van der Waals surface area contributed by atoms with Gasteiger partial charge in [0.2, 0.25) is 5.91 Å². The third-order valence-electron chi connectivity index (χ3n) is 4.21. The van der Waals surface area contributed by atoms with Crippen LogP contribution in [0.25, 0.3) is 0 Å². The van der Waals surface area contributed by atoms with E-state index in [2.05, 4.69) is 5.32 Å². The van der Waals surface area contributed by atoms with E-state index < -0.39 is 0 Å². The quantitative estimate of drug-likeness (QED) is 0.808. The third-order valence-corrected chi connectivity index (χ3v) is 4.21. The van der Waals surface area contributed by atoms with Crippen LogP contribution in [0.3, 0.4) is 0 Å². The smallest absolute Gasteiger partial charge is 0.282 e. The highest BCUT2D eigenvalue weighted by molar-refractivity contribution is 5.93. The lowest BCUT2D eigenvalue weighted by atomic mass is 10.2. The van der Waals surface area contributed by atoms with Gasteiger partial charge in [-0.15, -0.1) is 0 Å². The Kier molecular flexibility index (Phi) is 5.38. The summed E-state index contributed by atoms with van der Waals surface area (Å²) < 4.78 is 5.10. The minimum atomic E-state index is -0.142. The SMILES string of the molecule is COc1ccc(NC(=O)[C@H](C)[NH+]2CCN(C(C)=O)CC2)cc1. The number of hydrogen-bond donors (Lipinski definition) is 2. The van der Waals surface area contributed by atoms with Gasteiger partial charge in [-0.25, -0.2) is 0 Å². The van der Waals surface area contributed by atoms with Crippen LogP contribution < -0.4 is 15.0 Å². The van der Waals surface area contributed by atoms with E-state index >= 15 is 0 Å². The van der Waals surface area contributed by atoms with Crippen molar-refractivity contribution in [2.75, 3.05) is 38.6 Å². The van der Waals surface area contributed by atoms with Crippen molar-refractivity contribution in [3.05, 3.63) is 24.3 Å². The molecule has 2 rings (SSSR count). The van der Waals surface area contributed by atoms with Crippen molar-refractivity contribution in [2.45, 2.75) is 19.9 Å². The van der Waals surface area contributed by atoms with E-state index in [0.29, 0.717) is 13.1 Å². The molecule has 1 aliphatic heterocycles. The van der Waals surface area contributed by atoms with Crippen molar-refractivity contribution in [2.24, 2.45) is 0 Å². The number of ether oxygens (including phenoxy) is 1. The number of anilines is 1. The van der Waals surface area contributed by atoms with Crippen LogP contribution in [0, 0.1) is 0 Å². The second kappa shape index (κ2) is 7.26. The normalized spacial score (nSPS) is 17.0. The minimum Gasteiger partial charge on any atom is -0.497 e. The molecule has 0 radical (unpaired) electrons. The lowest BCUT2D eigenvalue weighted by molar-refractivity contribution is -0.917. The molecule has 1 aromatic carbocycles. The molecule has 2 amide bonds. The highest BCUT2D eigenvalue weighted by Crippen LogP contribution is 2.14. The second-order valence-electron chi connectivity index (χ2n) is 5.60. The number of nitrogens with one attached hydrogen (secondary N) is 2. The number of quaternary nitrogens is 1. The summed E-state index contributed by atoms with van der Waals surface area (Å²) >= 11 is 0. The van der Waals surface area contributed by atoms with Crippen LogP contribution >= 0.6 is 0 Å². The van der Waals surface area contributed by atoms with Crippen molar-refractivity contribution >= 4 is 17.5 Å². The summed E-state index contributed by atoms with van der Waals surface area (Å²) in [6.07, 6.45) is 0. The van der Waals surface area contributed by atoms with Crippen LogP contribution in [-0.2, 0) is 9.59 Å². The maximum absolute atomic E-state index is 12.3. The zero-order valence-electron chi connectivity index (χ0n) is 13.4. The zero-order chi connectivity index (χ0) is 16.1. The van der Waals surface area contributed by atoms with Crippen LogP contribution in [0.4, 0.5) is 5.69 Å². The molecular weight excluding hydrogens is 282 g/mol. The third kappa shape index (κ3) is 3.98. The Hall–Kier alpha value is -2.08. The fraction of sp³-hybridized carbons (Fsp3) is 0.500. The Balaban J connectivity index is 1.88. The Morgan fingerprint density at radius 3 is 2.32 bits per heavy atom. The number of rotatable bonds is 4. The summed E-state index contributed by atoms with van der Waals surface area (Å²) in [5.74, 6) is 0.864. The van der Waals surface area contributed by atoms with E-state index in [9.17, 15) is 9.59 Å². The Morgan fingerprint density at radius 1 is 1.23 bits per heavy atom. The zero-order valence-corrected chi connectivity index (χ0v) is 13.4. The number of amides is 2. The lowest BCUT2D eigenvalue weighted by Gasteiger charge is -2.34. The van der Waals surface area contributed by atoms with Crippen molar-refractivity contribution in [3.63, 3.8) is 0 Å². The largest absolute Gasteiger partial charge is 0.497 e. The number of benzene rings is 1. The molecule has 1 fully saturated rings. The molecule has 22 heavy (non-hydrogen) atoms. The van der Waals surface area contributed by atoms with E-state index in [0.717, 1.165) is 24.5 Å². The van der Waals surface area contributed by atoms with Gasteiger partial charge in [-0.1, -0.05) is 0 Å². The molecular formula is C16H24N3O3+. The van der Waals surface area contributed by atoms with Gasteiger partial charge >= 0.3 is 0 Å². The Morgan fingerprint density at radius 2 is 1.82 bits per heavy atom. The molecule has 120 valence electrons. The predicted molar refractivity (Wildman–Crippen MR) is 84.0 cm³/mol. The molecule has 6 nitrogen and oxygen atoms in total. The molecule has 6 heteroatoms. The van der Waals surface area contributed by atoms with Gasteiger partial charge in [0.25, 0.3) is 5.91 Å². The summed E-state index contributed by atoms with van der Waals surface area (Å²) in [5.41, 5.74) is 0.763. The van der Waals surface area contributed by atoms with E-state index in [4.69, 9.17) is 4.74 Å². The highest BCUT2D eigenvalue weighted by Gasteiger charge is 2.29. The van der Waals surface area contributed by atoms with Gasteiger partial charge in [0.15, 0.2) is 6.04 Å². The van der Waals surface area contributed by atoms with Gasteiger partial charge in [-0.2, -0.15) is 0 Å². The van der Waals surface area contributed by atoms with Crippen molar-refractivity contribution < 1.29 is 19.2 Å². The van der Waals surface area contributed by atoms with E-state index in [1.165, 1.54) is 4.90 Å². The Labute approximate surface area is 131 Å². The molecule has 1 aliphatic rings. The first-order valence-electron chi connectivity index (χ1n) is 7.56. The molecule has 1 atom stereocenters. The standard InChI is InChI=1S/C16H23N3O3/c1-12(18-8-10-19(11-9-18)13(2)20)16(21)17-14-4-6-15(22-3)7-5-14/h4-7,12H,8-11H2,1-3H3,(H,17,21)/p+1/t12-/m0/s1. The summed E-state index contributed by atoms with van der Waals surface area (Å²) in [6, 6.07) is 7.15. The average molecular weight is 306 g/mol. The molecule has 0 spiro atoms. The molecule has 0 aliphatic carbocycles. The summed E-state index contributed by atoms with van der Waals surface area (Å²) in [5, 5.41) is 2.93. The molecule has 0 aromatic heterocycles. The number of piperazine rings is 1. The molecule has 2 N–H and O–H groups in total. The van der Waals surface area contributed by atoms with Crippen LogP contribution in [0.1, 0.15) is 13.8 Å². The molecule has 1 saturated heterocycles. The van der Waals surface area contributed by atoms with Crippen molar-refractivity contribution in [1.82, 2.24) is 4.90 Å². The number of methoxy groups -OCH3 is 1. The van der Waals surface area contributed by atoms with Gasteiger partial charge in [0, 0.05) is 12.6 Å². The van der Waals surface area contributed by atoms with Gasteiger partial charge in [0.05, 0.1) is 33.3 Å². The van der Waals surface area contributed by atoms with E-state index in [-0.39, 0.29) is 17.9 Å². The summed E-state index contributed by atoms with van der Waals surface area (Å²) in [6.45, 7) is 6.55. The first-order valence-corrected chi connectivity index (χ1v) is 7.56. The molecule has 0 bridgehead atoms. The predicted octanol–water partition coefficient (Wildman–Crippen LogP) is -0.231. The van der Waals surface area contributed by atoms with Crippen LogP contribution in [0.5, 0.6) is 5.75 Å². The fourth-order valence-electron chi connectivity index (χ4n) is 2.65.